The molecule has 0 aromatic rings. The summed E-state index contributed by atoms with van der Waals surface area (Å²) in [4.78, 5) is 29.1. The van der Waals surface area contributed by atoms with Crippen molar-refractivity contribution in [3.05, 3.63) is 0 Å². The Morgan fingerprint density at radius 1 is 1.24 bits per heavy atom. The Morgan fingerprint density at radius 2 is 1.86 bits per heavy atom. The highest BCUT2D eigenvalue weighted by atomic mass is 127. The number of amides is 2. The van der Waals surface area contributed by atoms with Crippen molar-refractivity contribution >= 4 is 41.8 Å². The zero-order valence-electron chi connectivity index (χ0n) is 13.1. The maximum atomic E-state index is 11.7. The van der Waals surface area contributed by atoms with E-state index in [2.05, 4.69) is 29.5 Å². The third kappa shape index (κ3) is 7.63. The molecule has 0 aromatic heterocycles. The fourth-order valence-corrected chi connectivity index (χ4v) is 1.95. The van der Waals surface area contributed by atoms with Crippen molar-refractivity contribution < 1.29 is 9.59 Å². The number of halogens is 1. The average Bonchev–Trinajstić information content (AvgIpc) is 2.39. The number of rotatable bonds is 6. The van der Waals surface area contributed by atoms with Crippen LogP contribution in [0.5, 0.6) is 0 Å². The molecule has 1 saturated heterocycles. The van der Waals surface area contributed by atoms with E-state index in [0.29, 0.717) is 38.3 Å². The molecule has 1 aliphatic heterocycles. The summed E-state index contributed by atoms with van der Waals surface area (Å²) in [7, 11) is 0. The number of imide groups is 1. The Morgan fingerprint density at radius 3 is 2.38 bits per heavy atom. The Kier molecular flexibility index (Phi) is 10.4. The zero-order valence-corrected chi connectivity index (χ0v) is 15.5. The summed E-state index contributed by atoms with van der Waals surface area (Å²) in [5.41, 5.74) is 0. The molecule has 0 radical (unpaired) electrons. The normalized spacial score (nSPS) is 16.0. The van der Waals surface area contributed by atoms with Gasteiger partial charge < -0.3 is 10.6 Å². The van der Waals surface area contributed by atoms with Gasteiger partial charge in [0.25, 0.3) is 0 Å². The first kappa shape index (κ1) is 20.1. The summed E-state index contributed by atoms with van der Waals surface area (Å²) in [6, 6.07) is 0. The molecule has 0 aromatic carbocycles. The van der Waals surface area contributed by atoms with Crippen LogP contribution < -0.4 is 10.6 Å². The highest BCUT2D eigenvalue weighted by molar-refractivity contribution is 14.0. The number of likely N-dealkylation sites (tertiary alicyclic amines) is 1. The lowest BCUT2D eigenvalue weighted by atomic mass is 10.1. The predicted molar refractivity (Wildman–Crippen MR) is 94.8 cm³/mol. The van der Waals surface area contributed by atoms with Gasteiger partial charge in [-0.1, -0.05) is 13.8 Å². The van der Waals surface area contributed by atoms with Crippen LogP contribution in [-0.2, 0) is 9.59 Å². The van der Waals surface area contributed by atoms with Gasteiger partial charge >= 0.3 is 0 Å². The summed E-state index contributed by atoms with van der Waals surface area (Å²) < 4.78 is 0. The van der Waals surface area contributed by atoms with Crippen LogP contribution in [0.25, 0.3) is 0 Å². The van der Waals surface area contributed by atoms with E-state index in [9.17, 15) is 9.59 Å². The Bertz CT molecular complexity index is 356. The molecule has 1 aliphatic rings. The second-order valence-corrected chi connectivity index (χ2v) is 5.33. The molecule has 2 N–H and O–H groups in total. The second-order valence-electron chi connectivity index (χ2n) is 5.33. The van der Waals surface area contributed by atoms with Crippen LogP contribution in [0.3, 0.4) is 0 Å². The van der Waals surface area contributed by atoms with Crippen molar-refractivity contribution in [2.75, 3.05) is 26.2 Å². The molecule has 2 amide bonds. The third-order valence-corrected chi connectivity index (χ3v) is 2.97. The van der Waals surface area contributed by atoms with Crippen LogP contribution in [0.2, 0.25) is 0 Å². The van der Waals surface area contributed by atoms with Gasteiger partial charge in [0.2, 0.25) is 11.8 Å². The van der Waals surface area contributed by atoms with Crippen LogP contribution in [0.4, 0.5) is 0 Å². The smallest absolute Gasteiger partial charge is 0.229 e. The van der Waals surface area contributed by atoms with Gasteiger partial charge in [0, 0.05) is 39.0 Å². The van der Waals surface area contributed by atoms with Crippen LogP contribution in [0.1, 0.15) is 40.0 Å². The SMILES string of the molecule is CCNC(=NCC(C)C)NCCN1C(=O)CCCC1=O.I. The standard InChI is InChI=1S/C14H26N4O2.HI/c1-4-15-14(17-10-11(2)3)16-8-9-18-12(19)6-5-7-13(18)20;/h11H,4-10H2,1-3H3,(H2,15,16,17);1H. The number of hydrogen-bond acceptors (Lipinski definition) is 3. The number of carbonyl (C=O) groups excluding carboxylic acids is 2. The molecule has 21 heavy (non-hydrogen) atoms. The fourth-order valence-electron chi connectivity index (χ4n) is 1.95. The van der Waals surface area contributed by atoms with Gasteiger partial charge in [0.05, 0.1) is 0 Å². The first-order chi connectivity index (χ1) is 9.54. The van der Waals surface area contributed by atoms with E-state index in [1.807, 2.05) is 6.92 Å². The van der Waals surface area contributed by atoms with Gasteiger partial charge in [-0.15, -0.1) is 24.0 Å². The first-order valence-electron chi connectivity index (χ1n) is 7.40. The predicted octanol–water partition coefficient (Wildman–Crippen LogP) is 1.35. The van der Waals surface area contributed by atoms with Crippen LogP contribution in [-0.4, -0.2) is 48.9 Å². The largest absolute Gasteiger partial charge is 0.357 e. The maximum Gasteiger partial charge on any atom is 0.229 e. The molecule has 6 nitrogen and oxygen atoms in total. The van der Waals surface area contributed by atoms with Crippen LogP contribution in [0, 0.1) is 5.92 Å². The number of hydrogen-bond donors (Lipinski definition) is 2. The maximum absolute atomic E-state index is 11.7. The Balaban J connectivity index is 0.00000400. The number of carbonyl (C=O) groups is 2. The quantitative estimate of drug-likeness (QED) is 0.300. The van der Waals surface area contributed by atoms with E-state index in [1.165, 1.54) is 4.90 Å². The zero-order chi connectivity index (χ0) is 15.0. The lowest BCUT2D eigenvalue weighted by Crippen LogP contribution is -2.46. The van der Waals surface area contributed by atoms with Crippen molar-refractivity contribution in [2.45, 2.75) is 40.0 Å². The van der Waals surface area contributed by atoms with E-state index in [4.69, 9.17) is 0 Å². The number of piperidine rings is 1. The van der Waals surface area contributed by atoms with Crippen LogP contribution in [0.15, 0.2) is 4.99 Å². The lowest BCUT2D eigenvalue weighted by Gasteiger charge is -2.25. The minimum absolute atomic E-state index is 0. The number of aliphatic imine (C=N–C) groups is 1. The topological polar surface area (TPSA) is 73.8 Å². The molecule has 0 saturated carbocycles. The van der Waals surface area contributed by atoms with E-state index < -0.39 is 0 Å². The van der Waals surface area contributed by atoms with E-state index in [-0.39, 0.29) is 35.8 Å². The molecular formula is C14H27IN4O2. The lowest BCUT2D eigenvalue weighted by molar-refractivity contribution is -0.147. The molecule has 1 rings (SSSR count). The Labute approximate surface area is 144 Å². The number of nitrogens with one attached hydrogen (secondary N) is 2. The van der Waals surface area contributed by atoms with Crippen molar-refractivity contribution in [2.24, 2.45) is 10.9 Å². The van der Waals surface area contributed by atoms with E-state index >= 15 is 0 Å². The van der Waals surface area contributed by atoms with Gasteiger partial charge in [-0.2, -0.15) is 0 Å². The van der Waals surface area contributed by atoms with E-state index in [0.717, 1.165) is 19.0 Å². The molecule has 1 fully saturated rings. The third-order valence-electron chi connectivity index (χ3n) is 2.97. The minimum Gasteiger partial charge on any atom is -0.357 e. The molecule has 0 atom stereocenters. The molecule has 0 unspecified atom stereocenters. The van der Waals surface area contributed by atoms with Gasteiger partial charge in [-0.25, -0.2) is 0 Å². The fraction of sp³-hybridized carbons (Fsp3) is 0.786. The van der Waals surface area contributed by atoms with Gasteiger partial charge in [-0.3, -0.25) is 19.5 Å². The molecular weight excluding hydrogens is 383 g/mol. The first-order valence-corrected chi connectivity index (χ1v) is 7.40. The van der Waals surface area contributed by atoms with Gasteiger partial charge in [0.1, 0.15) is 0 Å². The Hall–Kier alpha value is -0.860. The molecule has 7 heteroatoms. The summed E-state index contributed by atoms with van der Waals surface area (Å²) in [5, 5.41) is 6.31. The average molecular weight is 410 g/mol. The highest BCUT2D eigenvalue weighted by Gasteiger charge is 2.25. The summed E-state index contributed by atoms with van der Waals surface area (Å²) in [6.45, 7) is 8.69. The van der Waals surface area contributed by atoms with Gasteiger partial charge in [0.15, 0.2) is 5.96 Å². The molecule has 122 valence electrons. The van der Waals surface area contributed by atoms with Crippen molar-refractivity contribution in [1.82, 2.24) is 15.5 Å². The van der Waals surface area contributed by atoms with Gasteiger partial charge in [-0.05, 0) is 19.3 Å². The second kappa shape index (κ2) is 10.8. The number of guanidine groups is 1. The summed E-state index contributed by atoms with van der Waals surface area (Å²) in [5.74, 6) is 1.10. The van der Waals surface area contributed by atoms with E-state index in [1.54, 1.807) is 0 Å². The summed E-state index contributed by atoms with van der Waals surface area (Å²) >= 11 is 0. The van der Waals surface area contributed by atoms with Crippen molar-refractivity contribution in [1.29, 1.82) is 0 Å². The van der Waals surface area contributed by atoms with Crippen molar-refractivity contribution in [3.63, 3.8) is 0 Å². The molecule has 0 spiro atoms. The minimum atomic E-state index is -0.0628. The molecule has 0 bridgehead atoms. The summed E-state index contributed by atoms with van der Waals surface area (Å²) in [6.07, 6.45) is 1.64. The molecule has 0 aliphatic carbocycles. The van der Waals surface area contributed by atoms with Crippen molar-refractivity contribution in [3.8, 4) is 0 Å². The highest BCUT2D eigenvalue weighted by Crippen LogP contribution is 2.11. The van der Waals surface area contributed by atoms with Crippen LogP contribution >= 0.6 is 24.0 Å². The number of nitrogens with zero attached hydrogens (tertiary/aromatic N) is 2. The molecule has 1 heterocycles. The monoisotopic (exact) mass is 410 g/mol.